The predicted molar refractivity (Wildman–Crippen MR) is 104 cm³/mol. The maximum Gasteiger partial charge on any atom is 0.247 e. The van der Waals surface area contributed by atoms with Gasteiger partial charge in [-0.1, -0.05) is 23.2 Å². The van der Waals surface area contributed by atoms with Crippen LogP contribution in [0, 0.1) is 0 Å². The summed E-state index contributed by atoms with van der Waals surface area (Å²) in [6.07, 6.45) is 1.01. The Kier molecular flexibility index (Phi) is 5.41. The first kappa shape index (κ1) is 19.6. The number of carbonyl (C=O) groups excluding carboxylic acids is 1. The lowest BCUT2D eigenvalue weighted by atomic mass is 10.2. The zero-order valence-electron chi connectivity index (χ0n) is 14.4. The van der Waals surface area contributed by atoms with Crippen molar-refractivity contribution in [2.75, 3.05) is 22.7 Å². The number of anilines is 2. The smallest absolute Gasteiger partial charge is 0.247 e. The van der Waals surface area contributed by atoms with Crippen molar-refractivity contribution in [3.05, 3.63) is 46.4 Å². The zero-order valence-corrected chi connectivity index (χ0v) is 16.7. The fourth-order valence-electron chi connectivity index (χ4n) is 2.70. The van der Waals surface area contributed by atoms with E-state index in [4.69, 9.17) is 32.7 Å². The predicted octanol–water partition coefficient (Wildman–Crippen LogP) is 3.52. The first-order valence-electron chi connectivity index (χ1n) is 7.81. The largest absolute Gasteiger partial charge is 0.454 e. The number of sulfonamides is 1. The number of benzene rings is 2. The molecular weight excluding hydrogens is 415 g/mol. The number of carbonyl (C=O) groups is 1. The molecule has 0 saturated carbocycles. The van der Waals surface area contributed by atoms with Gasteiger partial charge in [0.25, 0.3) is 0 Å². The topological polar surface area (TPSA) is 84.9 Å². The minimum Gasteiger partial charge on any atom is -0.454 e. The van der Waals surface area contributed by atoms with E-state index in [0.29, 0.717) is 17.2 Å². The van der Waals surface area contributed by atoms with Crippen molar-refractivity contribution in [2.24, 2.45) is 0 Å². The highest BCUT2D eigenvalue weighted by Crippen LogP contribution is 2.34. The van der Waals surface area contributed by atoms with Crippen molar-refractivity contribution >= 4 is 50.5 Å². The Balaban J connectivity index is 1.87. The van der Waals surface area contributed by atoms with Crippen LogP contribution in [0.1, 0.15) is 6.92 Å². The number of hydrogen-bond donors (Lipinski definition) is 1. The summed E-state index contributed by atoms with van der Waals surface area (Å²) >= 11 is 12.0. The Bertz CT molecular complexity index is 977. The number of rotatable bonds is 5. The monoisotopic (exact) mass is 430 g/mol. The van der Waals surface area contributed by atoms with Crippen LogP contribution in [0.25, 0.3) is 0 Å². The second-order valence-electron chi connectivity index (χ2n) is 5.92. The number of fused-ring (bicyclic) bond motifs is 1. The van der Waals surface area contributed by atoms with E-state index in [1.165, 1.54) is 25.1 Å². The average Bonchev–Trinajstić information content (AvgIpc) is 3.00. The van der Waals surface area contributed by atoms with Gasteiger partial charge in [-0.2, -0.15) is 0 Å². The quantitative estimate of drug-likeness (QED) is 0.783. The normalized spacial score (nSPS) is 13.9. The van der Waals surface area contributed by atoms with Crippen LogP contribution < -0.4 is 19.1 Å². The molecule has 1 aliphatic rings. The molecule has 1 atom stereocenters. The van der Waals surface area contributed by atoms with Crippen LogP contribution in [0.15, 0.2) is 36.4 Å². The molecule has 10 heteroatoms. The van der Waals surface area contributed by atoms with Gasteiger partial charge in [0, 0.05) is 21.8 Å². The standard InChI is InChI=1S/C17H16Cl2N2O5S/c1-10(17(22)20-13-3-4-15-16(8-13)26-9-25-15)21(27(2,23)24)14-6-11(18)5-12(19)7-14/h3-8,10H,9H2,1-2H3,(H,20,22)/t10-/m1/s1. The molecule has 0 saturated heterocycles. The molecule has 1 N–H and O–H groups in total. The molecular formula is C17H16Cl2N2O5S. The zero-order chi connectivity index (χ0) is 19.8. The van der Waals surface area contributed by atoms with Gasteiger partial charge >= 0.3 is 0 Å². The molecule has 0 spiro atoms. The molecule has 7 nitrogen and oxygen atoms in total. The van der Waals surface area contributed by atoms with Crippen LogP contribution in [0.5, 0.6) is 11.5 Å². The number of ether oxygens (including phenoxy) is 2. The Morgan fingerprint density at radius 3 is 2.37 bits per heavy atom. The first-order valence-corrected chi connectivity index (χ1v) is 10.4. The Morgan fingerprint density at radius 2 is 1.74 bits per heavy atom. The van der Waals surface area contributed by atoms with Crippen molar-refractivity contribution in [2.45, 2.75) is 13.0 Å². The summed E-state index contributed by atoms with van der Waals surface area (Å²) < 4.78 is 36.1. The van der Waals surface area contributed by atoms with Crippen LogP contribution in [0.3, 0.4) is 0 Å². The molecule has 144 valence electrons. The van der Waals surface area contributed by atoms with Crippen LogP contribution in [0.4, 0.5) is 11.4 Å². The maximum atomic E-state index is 12.7. The lowest BCUT2D eigenvalue weighted by molar-refractivity contribution is -0.116. The van der Waals surface area contributed by atoms with Crippen molar-refractivity contribution in [3.63, 3.8) is 0 Å². The van der Waals surface area contributed by atoms with Gasteiger partial charge in [-0.25, -0.2) is 8.42 Å². The van der Waals surface area contributed by atoms with Crippen molar-refractivity contribution in [1.29, 1.82) is 0 Å². The number of nitrogens with zero attached hydrogens (tertiary/aromatic N) is 1. The van der Waals surface area contributed by atoms with E-state index >= 15 is 0 Å². The summed E-state index contributed by atoms with van der Waals surface area (Å²) in [6, 6.07) is 8.18. The minimum atomic E-state index is -3.79. The number of halogens is 2. The van der Waals surface area contributed by atoms with E-state index in [2.05, 4.69) is 5.32 Å². The maximum absolute atomic E-state index is 12.7. The highest BCUT2D eigenvalue weighted by atomic mass is 35.5. The van der Waals surface area contributed by atoms with Crippen LogP contribution in [-0.2, 0) is 14.8 Å². The molecule has 1 amide bonds. The molecule has 0 aliphatic carbocycles. The first-order chi connectivity index (χ1) is 12.6. The third kappa shape index (κ3) is 4.40. The summed E-state index contributed by atoms with van der Waals surface area (Å²) in [7, 11) is -3.79. The van der Waals surface area contributed by atoms with Gasteiger partial charge in [-0.15, -0.1) is 0 Å². The Hall–Kier alpha value is -2.16. The Labute approximate surface area is 166 Å². The van der Waals surface area contributed by atoms with E-state index in [0.717, 1.165) is 10.6 Å². The summed E-state index contributed by atoms with van der Waals surface area (Å²) in [5.41, 5.74) is 0.650. The summed E-state index contributed by atoms with van der Waals surface area (Å²) in [6.45, 7) is 1.58. The third-order valence-corrected chi connectivity index (χ3v) is 5.51. The van der Waals surface area contributed by atoms with Gasteiger partial charge in [0.2, 0.25) is 22.7 Å². The average molecular weight is 431 g/mol. The van der Waals surface area contributed by atoms with Crippen LogP contribution in [-0.4, -0.2) is 33.4 Å². The van der Waals surface area contributed by atoms with Gasteiger partial charge in [0.15, 0.2) is 11.5 Å². The van der Waals surface area contributed by atoms with E-state index in [1.54, 1.807) is 18.2 Å². The summed E-state index contributed by atoms with van der Waals surface area (Å²) in [4.78, 5) is 12.7. The van der Waals surface area contributed by atoms with Gasteiger partial charge in [0.05, 0.1) is 11.9 Å². The lowest BCUT2D eigenvalue weighted by Crippen LogP contribution is -2.45. The van der Waals surface area contributed by atoms with Gasteiger partial charge in [-0.05, 0) is 37.3 Å². The molecule has 0 radical (unpaired) electrons. The van der Waals surface area contributed by atoms with E-state index in [1.807, 2.05) is 0 Å². The fraction of sp³-hybridized carbons (Fsp3) is 0.235. The third-order valence-electron chi connectivity index (χ3n) is 3.83. The highest BCUT2D eigenvalue weighted by Gasteiger charge is 2.30. The second kappa shape index (κ2) is 7.46. The Morgan fingerprint density at radius 1 is 1.11 bits per heavy atom. The fourth-order valence-corrected chi connectivity index (χ4v) is 4.37. The molecule has 2 aromatic carbocycles. The van der Waals surface area contributed by atoms with E-state index in [-0.39, 0.29) is 22.5 Å². The SMILES string of the molecule is C[C@H](C(=O)Nc1ccc2c(c1)OCO2)N(c1cc(Cl)cc(Cl)c1)S(C)(=O)=O. The van der Waals surface area contributed by atoms with E-state index < -0.39 is 22.0 Å². The molecule has 1 heterocycles. The molecule has 1 aliphatic heterocycles. The van der Waals surface area contributed by atoms with Gasteiger partial charge in [0.1, 0.15) is 6.04 Å². The second-order valence-corrected chi connectivity index (χ2v) is 8.65. The van der Waals surface area contributed by atoms with Gasteiger partial charge < -0.3 is 14.8 Å². The number of hydrogen-bond acceptors (Lipinski definition) is 5. The molecule has 0 unspecified atom stereocenters. The van der Waals surface area contributed by atoms with Crippen molar-refractivity contribution in [1.82, 2.24) is 0 Å². The van der Waals surface area contributed by atoms with Crippen molar-refractivity contribution in [3.8, 4) is 11.5 Å². The summed E-state index contributed by atoms with van der Waals surface area (Å²) in [5, 5.41) is 3.19. The van der Waals surface area contributed by atoms with Crippen molar-refractivity contribution < 1.29 is 22.7 Å². The van der Waals surface area contributed by atoms with Crippen LogP contribution >= 0.6 is 23.2 Å². The highest BCUT2D eigenvalue weighted by molar-refractivity contribution is 7.92. The number of amides is 1. The summed E-state index contributed by atoms with van der Waals surface area (Å²) in [5.74, 6) is 0.546. The van der Waals surface area contributed by atoms with Crippen LogP contribution in [0.2, 0.25) is 10.0 Å². The minimum absolute atomic E-state index is 0.112. The molecule has 0 aromatic heterocycles. The van der Waals surface area contributed by atoms with Gasteiger partial charge in [-0.3, -0.25) is 9.10 Å². The molecule has 0 fully saturated rings. The lowest BCUT2D eigenvalue weighted by Gasteiger charge is -2.28. The molecule has 2 aromatic rings. The molecule has 0 bridgehead atoms. The number of nitrogens with one attached hydrogen (secondary N) is 1. The van der Waals surface area contributed by atoms with E-state index in [9.17, 15) is 13.2 Å². The molecule has 27 heavy (non-hydrogen) atoms. The molecule has 3 rings (SSSR count).